The van der Waals surface area contributed by atoms with Gasteiger partial charge < -0.3 is 15.8 Å². The Hall–Kier alpha value is -0.610. The summed E-state index contributed by atoms with van der Waals surface area (Å²) in [5, 5.41) is 2.83. The zero-order valence-electron chi connectivity index (χ0n) is 10.4. The molecule has 2 atom stereocenters. The lowest BCUT2D eigenvalue weighted by atomic mass is 9.93. The third-order valence-electron chi connectivity index (χ3n) is 2.89. The lowest BCUT2D eigenvalue weighted by Gasteiger charge is -2.28. The SMILES string of the molecule is CC(C)CNC(=O)COC1CCCCC1N. The minimum atomic E-state index is -0.0357. The van der Waals surface area contributed by atoms with Gasteiger partial charge in [0, 0.05) is 12.6 Å². The summed E-state index contributed by atoms with van der Waals surface area (Å²) in [5.74, 6) is 0.437. The van der Waals surface area contributed by atoms with Crippen molar-refractivity contribution < 1.29 is 9.53 Å². The number of hydrogen-bond donors (Lipinski definition) is 2. The van der Waals surface area contributed by atoms with E-state index in [0.717, 1.165) is 19.3 Å². The van der Waals surface area contributed by atoms with Crippen molar-refractivity contribution in [2.75, 3.05) is 13.2 Å². The summed E-state index contributed by atoms with van der Waals surface area (Å²) in [4.78, 5) is 11.4. The molecule has 0 aliphatic heterocycles. The molecule has 94 valence electrons. The van der Waals surface area contributed by atoms with Crippen LogP contribution in [0.15, 0.2) is 0 Å². The van der Waals surface area contributed by atoms with Crippen LogP contribution in [0.5, 0.6) is 0 Å². The van der Waals surface area contributed by atoms with Gasteiger partial charge in [-0.05, 0) is 18.8 Å². The Kier molecular flexibility index (Phi) is 5.77. The summed E-state index contributed by atoms with van der Waals surface area (Å²) in [7, 11) is 0. The van der Waals surface area contributed by atoms with E-state index in [2.05, 4.69) is 19.2 Å². The molecule has 4 heteroatoms. The number of amides is 1. The third-order valence-corrected chi connectivity index (χ3v) is 2.89. The summed E-state index contributed by atoms with van der Waals surface area (Å²) in [6.45, 7) is 4.99. The standard InChI is InChI=1S/C12H24N2O2/c1-9(2)7-14-12(15)8-16-11-6-4-3-5-10(11)13/h9-11H,3-8,13H2,1-2H3,(H,14,15). The van der Waals surface area contributed by atoms with E-state index in [0.29, 0.717) is 12.5 Å². The van der Waals surface area contributed by atoms with Crippen LogP contribution in [-0.2, 0) is 9.53 Å². The molecule has 16 heavy (non-hydrogen) atoms. The highest BCUT2D eigenvalue weighted by Crippen LogP contribution is 2.19. The molecule has 1 saturated carbocycles. The van der Waals surface area contributed by atoms with Crippen molar-refractivity contribution in [2.45, 2.75) is 51.7 Å². The fourth-order valence-electron chi connectivity index (χ4n) is 1.88. The molecule has 0 aromatic rings. The van der Waals surface area contributed by atoms with Gasteiger partial charge in [-0.25, -0.2) is 0 Å². The number of ether oxygens (including phenoxy) is 1. The van der Waals surface area contributed by atoms with Crippen molar-refractivity contribution in [1.82, 2.24) is 5.32 Å². The van der Waals surface area contributed by atoms with Crippen molar-refractivity contribution in [3.05, 3.63) is 0 Å². The average Bonchev–Trinajstić information content (AvgIpc) is 2.25. The highest BCUT2D eigenvalue weighted by atomic mass is 16.5. The number of nitrogens with one attached hydrogen (secondary N) is 1. The first-order valence-electron chi connectivity index (χ1n) is 6.23. The maximum absolute atomic E-state index is 11.4. The maximum Gasteiger partial charge on any atom is 0.246 e. The van der Waals surface area contributed by atoms with E-state index in [4.69, 9.17) is 10.5 Å². The first-order valence-corrected chi connectivity index (χ1v) is 6.23. The molecule has 1 fully saturated rings. The van der Waals surface area contributed by atoms with Gasteiger partial charge >= 0.3 is 0 Å². The zero-order valence-corrected chi connectivity index (χ0v) is 10.4. The summed E-state index contributed by atoms with van der Waals surface area (Å²) < 4.78 is 5.55. The van der Waals surface area contributed by atoms with Crippen LogP contribution in [0.25, 0.3) is 0 Å². The van der Waals surface area contributed by atoms with Crippen LogP contribution >= 0.6 is 0 Å². The topological polar surface area (TPSA) is 64.3 Å². The van der Waals surface area contributed by atoms with Crippen molar-refractivity contribution in [3.8, 4) is 0 Å². The Morgan fingerprint density at radius 1 is 1.44 bits per heavy atom. The van der Waals surface area contributed by atoms with E-state index in [1.54, 1.807) is 0 Å². The van der Waals surface area contributed by atoms with Gasteiger partial charge in [0.15, 0.2) is 0 Å². The molecular weight excluding hydrogens is 204 g/mol. The molecule has 3 N–H and O–H groups in total. The van der Waals surface area contributed by atoms with Crippen molar-refractivity contribution >= 4 is 5.91 Å². The fourth-order valence-corrected chi connectivity index (χ4v) is 1.88. The van der Waals surface area contributed by atoms with Crippen LogP contribution in [0.1, 0.15) is 39.5 Å². The molecule has 0 aromatic carbocycles. The van der Waals surface area contributed by atoms with E-state index < -0.39 is 0 Å². The quantitative estimate of drug-likeness (QED) is 0.739. The molecule has 1 aliphatic carbocycles. The predicted octanol–water partition coefficient (Wildman–Crippen LogP) is 1.05. The molecule has 0 aromatic heterocycles. The van der Waals surface area contributed by atoms with Gasteiger partial charge in [-0.3, -0.25) is 4.79 Å². The second kappa shape index (κ2) is 6.86. The van der Waals surface area contributed by atoms with Gasteiger partial charge in [0.25, 0.3) is 0 Å². The first kappa shape index (κ1) is 13.5. The smallest absolute Gasteiger partial charge is 0.246 e. The monoisotopic (exact) mass is 228 g/mol. The lowest BCUT2D eigenvalue weighted by molar-refractivity contribution is -0.128. The van der Waals surface area contributed by atoms with Crippen LogP contribution in [0.2, 0.25) is 0 Å². The molecule has 0 saturated heterocycles. The predicted molar refractivity (Wildman–Crippen MR) is 64.0 cm³/mol. The van der Waals surface area contributed by atoms with E-state index in [1.165, 1.54) is 6.42 Å². The molecule has 1 amide bonds. The Labute approximate surface area is 97.9 Å². The Morgan fingerprint density at radius 3 is 2.75 bits per heavy atom. The molecule has 0 heterocycles. The van der Waals surface area contributed by atoms with Crippen molar-refractivity contribution in [3.63, 3.8) is 0 Å². The second-order valence-electron chi connectivity index (χ2n) is 5.00. The second-order valence-corrected chi connectivity index (χ2v) is 5.00. The van der Waals surface area contributed by atoms with E-state index in [9.17, 15) is 4.79 Å². The molecule has 1 aliphatic rings. The zero-order chi connectivity index (χ0) is 12.0. The van der Waals surface area contributed by atoms with E-state index in [-0.39, 0.29) is 24.7 Å². The van der Waals surface area contributed by atoms with Gasteiger partial charge in [-0.15, -0.1) is 0 Å². The number of rotatable bonds is 5. The number of nitrogens with two attached hydrogens (primary N) is 1. The molecule has 0 bridgehead atoms. The highest BCUT2D eigenvalue weighted by Gasteiger charge is 2.22. The third kappa shape index (κ3) is 4.94. The van der Waals surface area contributed by atoms with E-state index in [1.807, 2.05) is 0 Å². The normalized spacial score (nSPS) is 25.8. The van der Waals surface area contributed by atoms with Gasteiger partial charge in [-0.1, -0.05) is 26.7 Å². The van der Waals surface area contributed by atoms with Gasteiger partial charge in [0.2, 0.25) is 5.91 Å². The maximum atomic E-state index is 11.4. The summed E-state index contributed by atoms with van der Waals surface area (Å²) >= 11 is 0. The Morgan fingerprint density at radius 2 is 2.12 bits per heavy atom. The minimum absolute atomic E-state index is 0.0357. The van der Waals surface area contributed by atoms with Crippen LogP contribution < -0.4 is 11.1 Å². The highest BCUT2D eigenvalue weighted by molar-refractivity contribution is 5.77. The van der Waals surface area contributed by atoms with Crippen molar-refractivity contribution in [2.24, 2.45) is 11.7 Å². The Bertz CT molecular complexity index is 219. The number of carbonyl (C=O) groups excluding carboxylic acids is 1. The fraction of sp³-hybridized carbons (Fsp3) is 0.917. The largest absolute Gasteiger partial charge is 0.367 e. The molecule has 0 radical (unpaired) electrons. The van der Waals surface area contributed by atoms with E-state index >= 15 is 0 Å². The number of carbonyl (C=O) groups is 1. The molecule has 1 rings (SSSR count). The van der Waals surface area contributed by atoms with Crippen LogP contribution in [-0.4, -0.2) is 31.2 Å². The summed E-state index contributed by atoms with van der Waals surface area (Å²) in [6, 6.07) is 0.103. The molecule has 2 unspecified atom stereocenters. The van der Waals surface area contributed by atoms with Crippen LogP contribution in [0.4, 0.5) is 0 Å². The van der Waals surface area contributed by atoms with Crippen LogP contribution in [0.3, 0.4) is 0 Å². The minimum Gasteiger partial charge on any atom is -0.367 e. The van der Waals surface area contributed by atoms with Gasteiger partial charge in [-0.2, -0.15) is 0 Å². The Balaban J connectivity index is 2.15. The molecular formula is C12H24N2O2. The van der Waals surface area contributed by atoms with Crippen molar-refractivity contribution in [1.29, 1.82) is 0 Å². The van der Waals surface area contributed by atoms with Gasteiger partial charge in [0.05, 0.1) is 6.10 Å². The average molecular weight is 228 g/mol. The number of hydrogen-bond acceptors (Lipinski definition) is 3. The summed E-state index contributed by atoms with van der Waals surface area (Å²) in [5.41, 5.74) is 5.93. The lowest BCUT2D eigenvalue weighted by Crippen LogP contribution is -2.41. The molecule has 4 nitrogen and oxygen atoms in total. The first-order chi connectivity index (χ1) is 7.59. The molecule has 0 spiro atoms. The summed E-state index contributed by atoms with van der Waals surface area (Å²) in [6.07, 6.45) is 4.40. The van der Waals surface area contributed by atoms with Gasteiger partial charge in [0.1, 0.15) is 6.61 Å². The van der Waals surface area contributed by atoms with Crippen LogP contribution in [0, 0.1) is 5.92 Å².